The number of aryl methyl sites for hydroxylation is 1. The topological polar surface area (TPSA) is 68.5 Å². The summed E-state index contributed by atoms with van der Waals surface area (Å²) in [5, 5.41) is 15.2. The number of aliphatic hydroxyl groups is 1. The molecule has 1 aromatic carbocycles. The first-order valence-corrected chi connectivity index (χ1v) is 14.3. The normalized spacial score (nSPS) is 22.9. The van der Waals surface area contributed by atoms with E-state index >= 15 is 0 Å². The van der Waals surface area contributed by atoms with E-state index in [9.17, 15) is 5.11 Å². The van der Waals surface area contributed by atoms with Crippen LogP contribution in [0.25, 0.3) is 22.2 Å². The molecule has 2 bridgehead atoms. The van der Waals surface area contributed by atoms with Crippen LogP contribution in [0.2, 0.25) is 0 Å². The molecular weight excluding hydrogens is 530 g/mol. The highest BCUT2D eigenvalue weighted by atomic mass is 79.9. The number of piperidine rings is 1. The van der Waals surface area contributed by atoms with E-state index in [1.165, 1.54) is 27.7 Å². The van der Waals surface area contributed by atoms with E-state index in [0.29, 0.717) is 18.0 Å². The Morgan fingerprint density at radius 1 is 1.24 bits per heavy atom. The van der Waals surface area contributed by atoms with Crippen molar-refractivity contribution < 1.29 is 14.6 Å². The number of aliphatic hydroxyl groups excluding tert-OH is 1. The average Bonchev–Trinajstić information content (AvgIpc) is 3.19. The van der Waals surface area contributed by atoms with Crippen LogP contribution in [0.5, 0.6) is 0 Å². The van der Waals surface area contributed by atoms with Crippen molar-refractivity contribution in [1.82, 2.24) is 14.9 Å². The summed E-state index contributed by atoms with van der Waals surface area (Å²) in [7, 11) is 1.75. The number of ether oxygens (including phenoxy) is 2. The van der Waals surface area contributed by atoms with E-state index in [1.807, 2.05) is 0 Å². The number of aromatic nitrogens is 2. The molecule has 5 rings (SSSR count). The monoisotopic (exact) mass is 569 g/mol. The molecule has 0 spiro atoms. The number of nitrogens with one attached hydrogen (secondary N) is 1. The maximum absolute atomic E-state index is 10.2. The van der Waals surface area contributed by atoms with Crippen LogP contribution in [-0.4, -0.2) is 53.7 Å². The predicted octanol–water partition coefficient (Wildman–Crippen LogP) is 5.99. The van der Waals surface area contributed by atoms with Crippen molar-refractivity contribution in [3.63, 3.8) is 0 Å². The number of hydrogen-bond acceptors (Lipinski definition) is 5. The van der Waals surface area contributed by atoms with Gasteiger partial charge in [0.1, 0.15) is 0 Å². The molecule has 3 aromatic rings. The Kier molecular flexibility index (Phi) is 7.81. The Morgan fingerprint density at radius 2 is 1.97 bits per heavy atom. The molecule has 0 amide bonds. The van der Waals surface area contributed by atoms with Gasteiger partial charge >= 0.3 is 0 Å². The number of rotatable bonds is 8. The zero-order chi connectivity index (χ0) is 26.3. The summed E-state index contributed by atoms with van der Waals surface area (Å²) in [4.78, 5) is 5.07. The molecule has 2 fully saturated rings. The third kappa shape index (κ3) is 5.26. The SMILES string of the molecule is CCn1c(-c2cc(C3CC4COC[C@@H](C3)N4)cnc2[C@H](C)OC)c(CC(C)(C)CO)c2cc(Br)ccc21. The van der Waals surface area contributed by atoms with E-state index in [1.54, 1.807) is 7.11 Å². The van der Waals surface area contributed by atoms with Gasteiger partial charge in [-0.25, -0.2) is 0 Å². The van der Waals surface area contributed by atoms with Crippen molar-refractivity contribution >= 4 is 26.8 Å². The van der Waals surface area contributed by atoms with E-state index in [4.69, 9.17) is 14.5 Å². The van der Waals surface area contributed by atoms with Gasteiger partial charge in [0.15, 0.2) is 0 Å². The molecule has 7 heteroatoms. The molecule has 6 nitrogen and oxygen atoms in total. The summed E-state index contributed by atoms with van der Waals surface area (Å²) in [6.45, 7) is 11.1. The van der Waals surface area contributed by atoms with Crippen LogP contribution in [0.1, 0.15) is 69.4 Å². The summed E-state index contributed by atoms with van der Waals surface area (Å²) >= 11 is 3.70. The fraction of sp³-hybridized carbons (Fsp3) is 0.567. The van der Waals surface area contributed by atoms with Gasteiger partial charge in [-0.15, -0.1) is 0 Å². The van der Waals surface area contributed by atoms with Gasteiger partial charge in [-0.05, 0) is 79.8 Å². The molecule has 2 aromatic heterocycles. The van der Waals surface area contributed by atoms with Crippen LogP contribution in [-0.2, 0) is 22.4 Å². The smallest absolute Gasteiger partial charge is 0.0969 e. The van der Waals surface area contributed by atoms with Gasteiger partial charge in [0.25, 0.3) is 0 Å². The lowest BCUT2D eigenvalue weighted by Gasteiger charge is -2.40. The van der Waals surface area contributed by atoms with Gasteiger partial charge in [0.2, 0.25) is 0 Å². The molecule has 4 atom stereocenters. The van der Waals surface area contributed by atoms with Crippen LogP contribution in [0, 0.1) is 5.41 Å². The van der Waals surface area contributed by atoms with Crippen LogP contribution in [0.3, 0.4) is 0 Å². The molecule has 2 saturated heterocycles. The Labute approximate surface area is 228 Å². The van der Waals surface area contributed by atoms with Crippen LogP contribution < -0.4 is 5.32 Å². The number of hydrogen-bond donors (Lipinski definition) is 2. The largest absolute Gasteiger partial charge is 0.396 e. The first-order valence-electron chi connectivity index (χ1n) is 13.5. The summed E-state index contributed by atoms with van der Waals surface area (Å²) in [6.07, 6.45) is 4.82. The van der Waals surface area contributed by atoms with Crippen LogP contribution >= 0.6 is 15.9 Å². The van der Waals surface area contributed by atoms with E-state index < -0.39 is 0 Å². The highest BCUT2D eigenvalue weighted by Gasteiger charge is 2.34. The second kappa shape index (κ2) is 10.8. The Balaban J connectivity index is 1.73. The number of nitrogens with zero attached hydrogens (tertiary/aromatic N) is 2. The van der Waals surface area contributed by atoms with Crippen molar-refractivity contribution in [2.24, 2.45) is 5.41 Å². The zero-order valence-corrected chi connectivity index (χ0v) is 24.3. The van der Waals surface area contributed by atoms with Crippen molar-refractivity contribution in [2.45, 2.75) is 77.6 Å². The standard InChI is InChI=1S/C30H40BrN3O3/c1-6-34-27-8-7-21(31)12-24(27)26(13-30(3,4)17-35)29(34)25-11-20(14-32-28(25)18(2)36-5)19-9-22-15-37-16-23(10-19)33-22/h7-8,11-12,14,18-19,22-23,33,35H,6,9-10,13,15-17H2,1-5H3/t18-,19?,22+,23?/m0/s1. The van der Waals surface area contributed by atoms with Crippen LogP contribution in [0.15, 0.2) is 34.9 Å². The van der Waals surface area contributed by atoms with Crippen LogP contribution in [0.4, 0.5) is 0 Å². The fourth-order valence-corrected chi connectivity index (χ4v) is 6.56. The summed E-state index contributed by atoms with van der Waals surface area (Å²) in [5.74, 6) is 0.448. The Bertz CT molecular complexity index is 1260. The molecule has 200 valence electrons. The zero-order valence-electron chi connectivity index (χ0n) is 22.7. The van der Waals surface area contributed by atoms with Crippen molar-refractivity contribution in [3.8, 4) is 11.3 Å². The van der Waals surface area contributed by atoms with Gasteiger partial charge in [0, 0.05) is 59.5 Å². The maximum Gasteiger partial charge on any atom is 0.0969 e. The number of halogens is 1. The highest BCUT2D eigenvalue weighted by Crippen LogP contribution is 2.43. The lowest BCUT2D eigenvalue weighted by atomic mass is 9.81. The molecule has 2 aliphatic rings. The Hall–Kier alpha value is -1.77. The first kappa shape index (κ1) is 26.8. The number of methoxy groups -OCH3 is 1. The number of benzene rings is 1. The maximum atomic E-state index is 10.2. The molecular formula is C30H40BrN3O3. The lowest BCUT2D eigenvalue weighted by molar-refractivity contribution is 0.0180. The molecule has 2 unspecified atom stereocenters. The third-order valence-corrected chi connectivity index (χ3v) is 8.68. The summed E-state index contributed by atoms with van der Waals surface area (Å²) in [5.41, 5.74) is 6.81. The summed E-state index contributed by atoms with van der Waals surface area (Å²) < 4.78 is 15.1. The molecule has 0 saturated carbocycles. The average molecular weight is 571 g/mol. The second-order valence-corrected chi connectivity index (χ2v) is 12.5. The molecule has 4 heterocycles. The summed E-state index contributed by atoms with van der Waals surface area (Å²) in [6, 6.07) is 9.72. The first-order chi connectivity index (χ1) is 17.7. The van der Waals surface area contributed by atoms with Crippen molar-refractivity contribution in [3.05, 3.63) is 51.8 Å². The van der Waals surface area contributed by atoms with E-state index in [0.717, 1.165) is 54.8 Å². The van der Waals surface area contributed by atoms with E-state index in [-0.39, 0.29) is 18.1 Å². The number of pyridine rings is 1. The second-order valence-electron chi connectivity index (χ2n) is 11.6. The van der Waals surface area contributed by atoms with Crippen molar-refractivity contribution in [1.29, 1.82) is 0 Å². The number of fused-ring (bicyclic) bond motifs is 3. The van der Waals surface area contributed by atoms with Gasteiger partial charge in [-0.1, -0.05) is 29.8 Å². The van der Waals surface area contributed by atoms with Gasteiger partial charge in [0.05, 0.1) is 30.7 Å². The molecule has 2 aliphatic heterocycles. The third-order valence-electron chi connectivity index (χ3n) is 8.18. The molecule has 37 heavy (non-hydrogen) atoms. The molecule has 2 N–H and O–H groups in total. The predicted molar refractivity (Wildman–Crippen MR) is 152 cm³/mol. The highest BCUT2D eigenvalue weighted by molar-refractivity contribution is 9.10. The van der Waals surface area contributed by atoms with Crippen molar-refractivity contribution in [2.75, 3.05) is 26.9 Å². The van der Waals surface area contributed by atoms with Gasteiger partial charge in [-0.2, -0.15) is 0 Å². The van der Waals surface area contributed by atoms with Gasteiger partial charge < -0.3 is 24.5 Å². The quantitative estimate of drug-likeness (QED) is 0.349. The molecule has 0 radical (unpaired) electrons. The lowest BCUT2D eigenvalue weighted by Crippen LogP contribution is -2.53. The minimum atomic E-state index is -0.255. The minimum Gasteiger partial charge on any atom is -0.396 e. The Morgan fingerprint density at radius 3 is 2.62 bits per heavy atom. The molecule has 0 aliphatic carbocycles. The van der Waals surface area contributed by atoms with E-state index in [2.05, 4.69) is 84.0 Å². The fourth-order valence-electron chi connectivity index (χ4n) is 6.20. The minimum absolute atomic E-state index is 0.124. The number of morpholine rings is 1. The van der Waals surface area contributed by atoms with Gasteiger partial charge in [-0.3, -0.25) is 4.98 Å².